The highest BCUT2D eigenvalue weighted by atomic mass is 19.1. The first-order valence-electron chi connectivity index (χ1n) is 8.76. The Morgan fingerprint density at radius 3 is 2.32 bits per heavy atom. The molecule has 1 atom stereocenters. The van der Waals surface area contributed by atoms with Gasteiger partial charge in [-0.25, -0.2) is 4.39 Å². The first-order chi connectivity index (χ1) is 12.1. The number of quaternary nitrogens is 1. The number of amides is 1. The highest BCUT2D eigenvalue weighted by molar-refractivity contribution is 5.94. The molecule has 0 aliphatic heterocycles. The van der Waals surface area contributed by atoms with Gasteiger partial charge in [0.1, 0.15) is 5.82 Å². The Morgan fingerprint density at radius 1 is 1.04 bits per heavy atom. The van der Waals surface area contributed by atoms with E-state index in [0.717, 1.165) is 31.2 Å². The van der Waals surface area contributed by atoms with Crippen molar-refractivity contribution in [2.45, 2.75) is 43.9 Å². The second-order valence-corrected chi connectivity index (χ2v) is 6.65. The van der Waals surface area contributed by atoms with Crippen LogP contribution >= 0.6 is 0 Å². The van der Waals surface area contributed by atoms with Crippen molar-refractivity contribution in [1.82, 2.24) is 0 Å². The SMILES string of the molecule is O=C(Nc1ccc(F)cc1)[C@H]([NH2+]C1CCC(O)CC1)c1ccccc1. The molecule has 132 valence electrons. The molecule has 0 unspecified atom stereocenters. The zero-order chi connectivity index (χ0) is 17.6. The number of benzene rings is 2. The fourth-order valence-corrected chi connectivity index (χ4v) is 3.33. The Balaban J connectivity index is 1.73. The van der Waals surface area contributed by atoms with Gasteiger partial charge in [-0.1, -0.05) is 30.3 Å². The van der Waals surface area contributed by atoms with Crippen molar-refractivity contribution in [3.8, 4) is 0 Å². The molecule has 0 heterocycles. The summed E-state index contributed by atoms with van der Waals surface area (Å²) in [6.07, 6.45) is 3.14. The molecule has 0 radical (unpaired) electrons. The van der Waals surface area contributed by atoms with E-state index in [9.17, 15) is 14.3 Å². The van der Waals surface area contributed by atoms with Crippen molar-refractivity contribution in [2.24, 2.45) is 0 Å². The molecule has 1 amide bonds. The maximum absolute atomic E-state index is 13.0. The summed E-state index contributed by atoms with van der Waals surface area (Å²) >= 11 is 0. The summed E-state index contributed by atoms with van der Waals surface area (Å²) in [7, 11) is 0. The molecule has 5 heteroatoms. The van der Waals surface area contributed by atoms with Gasteiger partial charge in [-0.2, -0.15) is 0 Å². The van der Waals surface area contributed by atoms with Crippen LogP contribution in [0.2, 0.25) is 0 Å². The molecule has 1 aliphatic carbocycles. The second-order valence-electron chi connectivity index (χ2n) is 6.65. The van der Waals surface area contributed by atoms with E-state index in [1.54, 1.807) is 12.1 Å². The number of halogens is 1. The first-order valence-corrected chi connectivity index (χ1v) is 8.76. The molecular weight excluding hydrogens is 319 g/mol. The van der Waals surface area contributed by atoms with Crippen LogP contribution in [-0.4, -0.2) is 23.2 Å². The lowest BCUT2D eigenvalue weighted by atomic mass is 9.92. The summed E-state index contributed by atoms with van der Waals surface area (Å²) in [6, 6.07) is 15.4. The van der Waals surface area contributed by atoms with Crippen LogP contribution in [0.1, 0.15) is 37.3 Å². The zero-order valence-electron chi connectivity index (χ0n) is 14.1. The summed E-state index contributed by atoms with van der Waals surface area (Å²) in [5.41, 5.74) is 1.52. The fraction of sp³-hybridized carbons (Fsp3) is 0.350. The van der Waals surface area contributed by atoms with Gasteiger partial charge in [-0.3, -0.25) is 4.79 Å². The molecule has 0 bridgehead atoms. The number of nitrogens with two attached hydrogens (primary N) is 1. The smallest absolute Gasteiger partial charge is 0.287 e. The van der Waals surface area contributed by atoms with E-state index in [4.69, 9.17) is 0 Å². The van der Waals surface area contributed by atoms with Crippen LogP contribution in [0.25, 0.3) is 0 Å². The topological polar surface area (TPSA) is 65.9 Å². The predicted octanol–water partition coefficient (Wildman–Crippen LogP) is 2.37. The van der Waals surface area contributed by atoms with Crippen molar-refractivity contribution in [1.29, 1.82) is 0 Å². The molecule has 0 saturated heterocycles. The van der Waals surface area contributed by atoms with Gasteiger partial charge in [0, 0.05) is 24.1 Å². The number of rotatable bonds is 5. The Morgan fingerprint density at radius 2 is 1.68 bits per heavy atom. The van der Waals surface area contributed by atoms with E-state index in [-0.39, 0.29) is 23.9 Å². The largest absolute Gasteiger partial charge is 0.393 e. The number of aliphatic hydroxyl groups excluding tert-OH is 1. The van der Waals surface area contributed by atoms with Crippen molar-refractivity contribution < 1.29 is 19.6 Å². The fourth-order valence-electron chi connectivity index (χ4n) is 3.33. The number of carbonyl (C=O) groups excluding carboxylic acids is 1. The summed E-state index contributed by atoms with van der Waals surface area (Å²) < 4.78 is 13.0. The van der Waals surface area contributed by atoms with E-state index in [0.29, 0.717) is 11.7 Å². The zero-order valence-corrected chi connectivity index (χ0v) is 14.1. The third-order valence-corrected chi connectivity index (χ3v) is 4.76. The van der Waals surface area contributed by atoms with Gasteiger partial charge in [-0.15, -0.1) is 0 Å². The molecule has 2 aromatic rings. The van der Waals surface area contributed by atoms with Crippen molar-refractivity contribution in [3.63, 3.8) is 0 Å². The van der Waals surface area contributed by atoms with Crippen molar-refractivity contribution in [3.05, 3.63) is 66.0 Å². The van der Waals surface area contributed by atoms with Gasteiger partial charge < -0.3 is 15.7 Å². The Kier molecular flexibility index (Phi) is 5.79. The summed E-state index contributed by atoms with van der Waals surface area (Å²) in [6.45, 7) is 0. The van der Waals surface area contributed by atoms with Gasteiger partial charge in [0.25, 0.3) is 5.91 Å². The average molecular weight is 343 g/mol. The maximum Gasteiger partial charge on any atom is 0.287 e. The molecule has 4 N–H and O–H groups in total. The minimum Gasteiger partial charge on any atom is -0.393 e. The van der Waals surface area contributed by atoms with Crippen LogP contribution in [0.5, 0.6) is 0 Å². The second kappa shape index (κ2) is 8.23. The Labute approximate surface area is 147 Å². The Hall–Kier alpha value is -2.24. The summed E-state index contributed by atoms with van der Waals surface area (Å²) in [4.78, 5) is 12.9. The average Bonchev–Trinajstić information content (AvgIpc) is 2.64. The van der Waals surface area contributed by atoms with E-state index < -0.39 is 0 Å². The molecule has 0 aromatic heterocycles. The molecule has 1 fully saturated rings. The minimum absolute atomic E-state index is 0.121. The summed E-state index contributed by atoms with van der Waals surface area (Å²) in [5.74, 6) is -0.450. The quantitative estimate of drug-likeness (QED) is 0.780. The molecule has 25 heavy (non-hydrogen) atoms. The number of hydrogen-bond donors (Lipinski definition) is 3. The molecule has 0 spiro atoms. The summed E-state index contributed by atoms with van der Waals surface area (Å²) in [5, 5.41) is 14.7. The van der Waals surface area contributed by atoms with Crippen LogP contribution in [0.15, 0.2) is 54.6 Å². The number of nitrogens with one attached hydrogen (secondary N) is 1. The highest BCUT2D eigenvalue weighted by Crippen LogP contribution is 2.19. The van der Waals surface area contributed by atoms with Crippen LogP contribution in [-0.2, 0) is 4.79 Å². The third kappa shape index (κ3) is 4.87. The first kappa shape index (κ1) is 17.6. The van der Waals surface area contributed by atoms with Gasteiger partial charge in [0.2, 0.25) is 0 Å². The van der Waals surface area contributed by atoms with E-state index in [1.807, 2.05) is 30.3 Å². The highest BCUT2D eigenvalue weighted by Gasteiger charge is 2.30. The molecule has 2 aromatic carbocycles. The Bertz CT molecular complexity index is 683. The molecule has 1 saturated carbocycles. The van der Waals surface area contributed by atoms with Crippen LogP contribution in [0.3, 0.4) is 0 Å². The predicted molar refractivity (Wildman–Crippen MR) is 94.4 cm³/mol. The van der Waals surface area contributed by atoms with Gasteiger partial charge in [0.15, 0.2) is 6.04 Å². The lowest BCUT2D eigenvalue weighted by Gasteiger charge is -2.27. The van der Waals surface area contributed by atoms with Gasteiger partial charge in [0.05, 0.1) is 12.1 Å². The minimum atomic E-state index is -0.369. The van der Waals surface area contributed by atoms with E-state index in [2.05, 4.69) is 10.6 Å². The van der Waals surface area contributed by atoms with Crippen LogP contribution in [0.4, 0.5) is 10.1 Å². The van der Waals surface area contributed by atoms with Crippen LogP contribution < -0.4 is 10.6 Å². The number of anilines is 1. The lowest BCUT2D eigenvalue weighted by Crippen LogP contribution is -2.92. The molecule has 3 rings (SSSR count). The lowest BCUT2D eigenvalue weighted by molar-refractivity contribution is -0.718. The van der Waals surface area contributed by atoms with E-state index in [1.165, 1.54) is 12.1 Å². The molecular formula is C20H24FN2O2+. The van der Waals surface area contributed by atoms with E-state index >= 15 is 0 Å². The van der Waals surface area contributed by atoms with Crippen molar-refractivity contribution in [2.75, 3.05) is 5.32 Å². The third-order valence-electron chi connectivity index (χ3n) is 4.76. The number of hydrogen-bond acceptors (Lipinski definition) is 2. The van der Waals surface area contributed by atoms with Gasteiger partial charge in [-0.05, 0) is 37.1 Å². The number of carbonyl (C=O) groups is 1. The van der Waals surface area contributed by atoms with Crippen molar-refractivity contribution >= 4 is 11.6 Å². The monoisotopic (exact) mass is 343 g/mol. The number of aliphatic hydroxyl groups is 1. The normalized spacial score (nSPS) is 21.5. The molecule has 4 nitrogen and oxygen atoms in total. The van der Waals surface area contributed by atoms with Crippen LogP contribution in [0, 0.1) is 5.82 Å². The standard InChI is InChI=1S/C20H23FN2O2/c21-15-6-8-17(9-7-15)23-20(25)19(14-4-2-1-3-5-14)22-16-10-12-18(24)13-11-16/h1-9,16,18-19,22,24H,10-13H2,(H,23,25)/p+1/t16?,18?,19-/m1/s1. The molecule has 1 aliphatic rings. The maximum atomic E-state index is 13.0. The van der Waals surface area contributed by atoms with Gasteiger partial charge >= 0.3 is 0 Å².